The molecule has 130 valence electrons. The highest BCUT2D eigenvalue weighted by Gasteiger charge is 2.30. The van der Waals surface area contributed by atoms with Crippen LogP contribution in [0.2, 0.25) is 0 Å². The molecule has 0 saturated heterocycles. The van der Waals surface area contributed by atoms with Gasteiger partial charge in [-0.2, -0.15) is 0 Å². The topological polar surface area (TPSA) is 70.8 Å². The Labute approximate surface area is 150 Å². The molecule has 0 bridgehead atoms. The number of aromatic nitrogens is 4. The van der Waals surface area contributed by atoms with E-state index in [1.54, 1.807) is 0 Å². The first-order valence-corrected chi connectivity index (χ1v) is 8.89. The maximum Gasteiger partial charge on any atom is 0.139 e. The molecule has 0 aliphatic carbocycles. The smallest absolute Gasteiger partial charge is 0.139 e. The Balaban J connectivity index is 1.49. The van der Waals surface area contributed by atoms with Gasteiger partial charge in [0.05, 0.1) is 18.1 Å². The molecule has 1 atom stereocenters. The first-order chi connectivity index (χ1) is 12.9. The molecule has 4 aromatic rings. The average Bonchev–Trinajstić information content (AvgIpc) is 3.34. The highest BCUT2D eigenvalue weighted by Crippen LogP contribution is 2.32. The molecule has 5 rings (SSSR count). The third-order valence-electron chi connectivity index (χ3n) is 5.17. The molecular weight excluding hydrogens is 326 g/mol. The van der Waals surface area contributed by atoms with Gasteiger partial charge in [-0.3, -0.25) is 4.90 Å². The summed E-state index contributed by atoms with van der Waals surface area (Å²) >= 11 is 0. The van der Waals surface area contributed by atoms with Crippen LogP contribution in [0, 0.1) is 0 Å². The Kier molecular flexibility index (Phi) is 3.75. The summed E-state index contributed by atoms with van der Waals surface area (Å²) in [4.78, 5) is 10.4. The molecule has 2 aromatic carbocycles. The number of H-pyrrole nitrogens is 1. The number of hydrogen-bond acceptors (Lipinski definition) is 5. The number of hydrogen-bond donors (Lipinski definition) is 1. The number of nitrogens with zero attached hydrogens (tertiary/aromatic N) is 4. The number of benzene rings is 2. The molecule has 26 heavy (non-hydrogen) atoms. The number of imidazole rings is 1. The van der Waals surface area contributed by atoms with Crippen molar-refractivity contribution in [2.24, 2.45) is 0 Å². The van der Waals surface area contributed by atoms with Gasteiger partial charge in [0.2, 0.25) is 0 Å². The quantitative estimate of drug-likeness (QED) is 0.614. The van der Waals surface area contributed by atoms with Crippen LogP contribution < -0.4 is 0 Å². The average molecular weight is 345 g/mol. The Morgan fingerprint density at radius 1 is 1.08 bits per heavy atom. The highest BCUT2D eigenvalue weighted by molar-refractivity contribution is 5.76. The lowest BCUT2D eigenvalue weighted by Gasteiger charge is -2.35. The second-order valence-electron chi connectivity index (χ2n) is 6.74. The van der Waals surface area contributed by atoms with Crippen LogP contribution in [-0.4, -0.2) is 31.7 Å². The van der Waals surface area contributed by atoms with E-state index in [2.05, 4.69) is 61.6 Å². The van der Waals surface area contributed by atoms with E-state index < -0.39 is 0 Å². The molecule has 1 aliphatic rings. The van der Waals surface area contributed by atoms with Gasteiger partial charge in [0.1, 0.15) is 11.0 Å². The van der Waals surface area contributed by atoms with Crippen molar-refractivity contribution in [1.82, 2.24) is 25.2 Å². The zero-order valence-corrected chi connectivity index (χ0v) is 14.3. The van der Waals surface area contributed by atoms with Gasteiger partial charge in [0.25, 0.3) is 0 Å². The maximum absolute atomic E-state index is 4.93. The largest absolute Gasteiger partial charge is 0.348 e. The summed E-state index contributed by atoms with van der Waals surface area (Å²) in [5.41, 5.74) is 6.52. The molecule has 6 heteroatoms. The van der Waals surface area contributed by atoms with Gasteiger partial charge in [-0.1, -0.05) is 42.5 Å². The molecule has 2 aromatic heterocycles. The van der Waals surface area contributed by atoms with Crippen LogP contribution in [0.4, 0.5) is 0 Å². The number of fused-ring (bicyclic) bond motifs is 2. The normalized spacial score (nSPS) is 17.5. The van der Waals surface area contributed by atoms with Crippen molar-refractivity contribution in [2.45, 2.75) is 25.4 Å². The van der Waals surface area contributed by atoms with Crippen LogP contribution in [0.25, 0.3) is 11.0 Å². The van der Waals surface area contributed by atoms with Crippen molar-refractivity contribution in [3.8, 4) is 0 Å². The van der Waals surface area contributed by atoms with Gasteiger partial charge < -0.3 is 4.98 Å². The summed E-state index contributed by atoms with van der Waals surface area (Å²) in [6.45, 7) is 1.78. The summed E-state index contributed by atoms with van der Waals surface area (Å²) < 4.78 is 4.93. The lowest BCUT2D eigenvalue weighted by atomic mass is 9.95. The van der Waals surface area contributed by atoms with E-state index >= 15 is 0 Å². The minimum Gasteiger partial charge on any atom is -0.348 e. The van der Waals surface area contributed by atoms with Crippen molar-refractivity contribution in [3.63, 3.8) is 0 Å². The Morgan fingerprint density at radius 2 is 2.00 bits per heavy atom. The molecule has 0 fully saturated rings. The Bertz CT molecular complexity index is 1020. The molecule has 1 aliphatic heterocycles. The predicted molar refractivity (Wildman–Crippen MR) is 97.4 cm³/mol. The first kappa shape index (κ1) is 15.3. The number of nitrogens with one attached hydrogen (secondary N) is 1. The lowest BCUT2D eigenvalue weighted by Crippen LogP contribution is -2.36. The first-order valence-electron chi connectivity index (χ1n) is 8.89. The molecule has 0 radical (unpaired) electrons. The minimum absolute atomic E-state index is 0.238. The Hall–Kier alpha value is -2.99. The van der Waals surface area contributed by atoms with E-state index in [9.17, 15) is 0 Å². The third kappa shape index (κ3) is 2.68. The van der Waals surface area contributed by atoms with Crippen LogP contribution in [0.1, 0.15) is 28.6 Å². The predicted octanol–water partition coefficient (Wildman–Crippen LogP) is 3.29. The summed E-state index contributed by atoms with van der Waals surface area (Å²) in [6, 6.07) is 16.9. The van der Waals surface area contributed by atoms with E-state index in [0.717, 1.165) is 48.2 Å². The van der Waals surface area contributed by atoms with Gasteiger partial charge in [-0.05, 0) is 33.9 Å². The van der Waals surface area contributed by atoms with Crippen molar-refractivity contribution in [1.29, 1.82) is 0 Å². The monoisotopic (exact) mass is 345 g/mol. The molecule has 1 N–H and O–H groups in total. The number of aromatic amines is 1. The highest BCUT2D eigenvalue weighted by atomic mass is 16.6. The van der Waals surface area contributed by atoms with Crippen LogP contribution in [0.3, 0.4) is 0 Å². The second-order valence-corrected chi connectivity index (χ2v) is 6.74. The van der Waals surface area contributed by atoms with Gasteiger partial charge >= 0.3 is 0 Å². The van der Waals surface area contributed by atoms with Crippen molar-refractivity contribution in [2.75, 3.05) is 6.54 Å². The van der Waals surface area contributed by atoms with Gasteiger partial charge in [0, 0.05) is 25.2 Å². The van der Waals surface area contributed by atoms with Crippen molar-refractivity contribution in [3.05, 3.63) is 77.4 Å². The molecule has 0 amide bonds. The van der Waals surface area contributed by atoms with Gasteiger partial charge in [-0.25, -0.2) is 9.61 Å². The Morgan fingerprint density at radius 3 is 2.92 bits per heavy atom. The summed E-state index contributed by atoms with van der Waals surface area (Å²) in [7, 11) is 0. The van der Waals surface area contributed by atoms with Crippen molar-refractivity contribution < 1.29 is 4.63 Å². The SMILES string of the molecule is c1ccc(C[C@@H]2c3nc[nH]c3CCN2Cc2cccc3nonc23)cc1. The van der Waals surface area contributed by atoms with Crippen molar-refractivity contribution >= 4 is 11.0 Å². The van der Waals surface area contributed by atoms with Gasteiger partial charge in [0.15, 0.2) is 0 Å². The van der Waals surface area contributed by atoms with Crippen LogP contribution in [0.5, 0.6) is 0 Å². The van der Waals surface area contributed by atoms with E-state index in [0.29, 0.717) is 0 Å². The minimum atomic E-state index is 0.238. The lowest BCUT2D eigenvalue weighted by molar-refractivity contribution is 0.171. The maximum atomic E-state index is 4.93. The van der Waals surface area contributed by atoms with Crippen LogP contribution in [0.15, 0.2) is 59.5 Å². The summed E-state index contributed by atoms with van der Waals surface area (Å²) in [5, 5.41) is 8.06. The zero-order valence-electron chi connectivity index (χ0n) is 14.3. The molecule has 0 spiro atoms. The summed E-state index contributed by atoms with van der Waals surface area (Å²) in [5.74, 6) is 0. The summed E-state index contributed by atoms with van der Waals surface area (Å²) in [6.07, 6.45) is 3.73. The van der Waals surface area contributed by atoms with E-state index in [1.807, 2.05) is 18.5 Å². The molecule has 0 unspecified atom stereocenters. The molecular formula is C20H19N5O. The fourth-order valence-corrected chi connectivity index (χ4v) is 3.86. The van der Waals surface area contributed by atoms with E-state index in [4.69, 9.17) is 4.63 Å². The molecule has 0 saturated carbocycles. The molecule has 3 heterocycles. The zero-order chi connectivity index (χ0) is 17.3. The molecule has 6 nitrogen and oxygen atoms in total. The second kappa shape index (κ2) is 6.38. The van der Waals surface area contributed by atoms with Gasteiger partial charge in [-0.15, -0.1) is 0 Å². The van der Waals surface area contributed by atoms with E-state index in [1.165, 1.54) is 11.3 Å². The standard InChI is InChI=1S/C20H19N5O/c1-2-5-14(6-3-1)11-18-20-16(21-13-22-20)9-10-25(18)12-15-7-4-8-17-19(15)24-26-23-17/h1-8,13,18H,9-12H2,(H,21,22)/t18-/m1/s1. The fourth-order valence-electron chi connectivity index (χ4n) is 3.86. The van der Waals surface area contributed by atoms with Crippen LogP contribution >= 0.6 is 0 Å². The van der Waals surface area contributed by atoms with Crippen LogP contribution in [-0.2, 0) is 19.4 Å². The van der Waals surface area contributed by atoms with E-state index in [-0.39, 0.29) is 6.04 Å². The third-order valence-corrected chi connectivity index (χ3v) is 5.17. The fraction of sp³-hybridized carbons (Fsp3) is 0.250. The number of rotatable bonds is 4.